The van der Waals surface area contributed by atoms with E-state index < -0.39 is 0 Å². The maximum Gasteiger partial charge on any atom is 0.153 e. The summed E-state index contributed by atoms with van der Waals surface area (Å²) in [7, 11) is 0. The van der Waals surface area contributed by atoms with Crippen LogP contribution in [0.2, 0.25) is 10.0 Å². The van der Waals surface area contributed by atoms with Crippen LogP contribution in [0, 0.1) is 0 Å². The molecule has 0 saturated carbocycles. The van der Waals surface area contributed by atoms with Crippen LogP contribution in [0.3, 0.4) is 0 Å². The van der Waals surface area contributed by atoms with Crippen molar-refractivity contribution < 1.29 is 4.74 Å². The van der Waals surface area contributed by atoms with Crippen LogP contribution in [-0.4, -0.2) is 4.98 Å². The lowest BCUT2D eigenvalue weighted by Crippen LogP contribution is -1.92. The van der Waals surface area contributed by atoms with Gasteiger partial charge < -0.3 is 10.5 Å². The van der Waals surface area contributed by atoms with Crippen molar-refractivity contribution in [2.24, 2.45) is 0 Å². The Morgan fingerprint density at radius 3 is 2.60 bits per heavy atom. The minimum absolute atomic E-state index is 0.443. The maximum absolute atomic E-state index is 6.11. The molecule has 0 atom stereocenters. The first-order valence-corrected chi connectivity index (χ1v) is 6.67. The first-order chi connectivity index (χ1) is 9.65. The van der Waals surface area contributed by atoms with Gasteiger partial charge in [-0.2, -0.15) is 0 Å². The molecule has 0 aliphatic carbocycles. The van der Waals surface area contributed by atoms with Crippen LogP contribution in [0.15, 0.2) is 48.7 Å². The fourth-order valence-corrected chi connectivity index (χ4v) is 2.37. The number of nitrogen functional groups attached to an aromatic ring is 1. The number of pyridine rings is 1. The van der Waals surface area contributed by atoms with Crippen molar-refractivity contribution in [1.82, 2.24) is 4.98 Å². The number of ether oxygens (including phenoxy) is 1. The topological polar surface area (TPSA) is 48.1 Å². The van der Waals surface area contributed by atoms with Crippen molar-refractivity contribution in [2.45, 2.75) is 0 Å². The molecule has 0 unspecified atom stereocenters. The third-order valence-corrected chi connectivity index (χ3v) is 3.41. The second-order valence-electron chi connectivity index (χ2n) is 4.23. The molecule has 3 nitrogen and oxygen atoms in total. The minimum Gasteiger partial charge on any atom is -0.454 e. The second kappa shape index (κ2) is 5.19. The van der Waals surface area contributed by atoms with Crippen LogP contribution in [-0.2, 0) is 0 Å². The van der Waals surface area contributed by atoms with Crippen molar-refractivity contribution in [3.8, 4) is 11.5 Å². The van der Waals surface area contributed by atoms with Gasteiger partial charge in [-0.1, -0.05) is 23.2 Å². The largest absolute Gasteiger partial charge is 0.454 e. The highest BCUT2D eigenvalue weighted by molar-refractivity contribution is 6.35. The number of hydrogen-bond acceptors (Lipinski definition) is 3. The number of nitrogens with zero attached hydrogens (tertiary/aromatic N) is 1. The Kier molecular flexibility index (Phi) is 3.38. The maximum atomic E-state index is 6.11. The van der Waals surface area contributed by atoms with Crippen LogP contribution in [0.25, 0.3) is 10.9 Å². The van der Waals surface area contributed by atoms with Crippen LogP contribution >= 0.6 is 23.2 Å². The normalized spacial score (nSPS) is 10.7. The molecule has 5 heteroatoms. The second-order valence-corrected chi connectivity index (χ2v) is 5.07. The summed E-state index contributed by atoms with van der Waals surface area (Å²) in [6, 6.07) is 12.3. The van der Waals surface area contributed by atoms with Gasteiger partial charge in [0.05, 0.1) is 5.02 Å². The molecule has 2 N–H and O–H groups in total. The monoisotopic (exact) mass is 304 g/mol. The smallest absolute Gasteiger partial charge is 0.153 e. The lowest BCUT2D eigenvalue weighted by molar-refractivity contribution is 0.487. The number of fused-ring (bicyclic) bond motifs is 1. The summed E-state index contributed by atoms with van der Waals surface area (Å²) in [4.78, 5) is 4.31. The third kappa shape index (κ3) is 2.38. The number of anilines is 1. The lowest BCUT2D eigenvalue weighted by Gasteiger charge is -2.11. The Morgan fingerprint density at radius 1 is 1.00 bits per heavy atom. The van der Waals surface area contributed by atoms with E-state index in [1.165, 1.54) is 0 Å². The van der Waals surface area contributed by atoms with Crippen LogP contribution in [0.4, 0.5) is 5.69 Å². The summed E-state index contributed by atoms with van der Waals surface area (Å²) in [6.45, 7) is 0. The van der Waals surface area contributed by atoms with Crippen LogP contribution in [0.5, 0.6) is 11.5 Å². The van der Waals surface area contributed by atoms with Crippen LogP contribution < -0.4 is 10.5 Å². The van der Waals surface area contributed by atoms with Gasteiger partial charge in [0.1, 0.15) is 11.3 Å². The predicted molar refractivity (Wildman–Crippen MR) is 82.7 cm³/mol. The molecule has 100 valence electrons. The van der Waals surface area contributed by atoms with Gasteiger partial charge in [0.15, 0.2) is 5.75 Å². The highest BCUT2D eigenvalue weighted by Crippen LogP contribution is 2.35. The van der Waals surface area contributed by atoms with Gasteiger partial charge in [-0.25, -0.2) is 0 Å². The Hall–Kier alpha value is -1.97. The van der Waals surface area contributed by atoms with Gasteiger partial charge in [-0.15, -0.1) is 0 Å². The van der Waals surface area contributed by atoms with Crippen molar-refractivity contribution >= 4 is 39.8 Å². The molecular formula is C15H10Cl2N2O. The van der Waals surface area contributed by atoms with Gasteiger partial charge in [-0.05, 0) is 42.5 Å². The molecule has 0 aliphatic heterocycles. The molecule has 2 aromatic carbocycles. The molecule has 3 rings (SSSR count). The zero-order valence-corrected chi connectivity index (χ0v) is 11.8. The Balaban J connectivity index is 2.09. The van der Waals surface area contributed by atoms with E-state index in [9.17, 15) is 0 Å². The molecule has 0 amide bonds. The Bertz CT molecular complexity index is 790. The van der Waals surface area contributed by atoms with Gasteiger partial charge in [0.25, 0.3) is 0 Å². The van der Waals surface area contributed by atoms with E-state index in [2.05, 4.69) is 4.98 Å². The Morgan fingerprint density at radius 2 is 1.80 bits per heavy atom. The average molecular weight is 305 g/mol. The molecule has 0 radical (unpaired) electrons. The first-order valence-electron chi connectivity index (χ1n) is 5.91. The molecule has 0 bridgehead atoms. The van der Waals surface area contributed by atoms with Gasteiger partial charge in [0.2, 0.25) is 0 Å². The van der Waals surface area contributed by atoms with E-state index in [-0.39, 0.29) is 0 Å². The highest BCUT2D eigenvalue weighted by atomic mass is 35.5. The molecule has 1 heterocycles. The number of rotatable bonds is 2. The molecule has 20 heavy (non-hydrogen) atoms. The van der Waals surface area contributed by atoms with Gasteiger partial charge in [0, 0.05) is 22.3 Å². The molecular weight excluding hydrogens is 295 g/mol. The zero-order valence-electron chi connectivity index (χ0n) is 10.3. The fourth-order valence-electron chi connectivity index (χ4n) is 1.93. The average Bonchev–Trinajstić information content (AvgIpc) is 2.45. The number of nitrogens with two attached hydrogens (primary N) is 1. The molecule has 3 aromatic rings. The summed E-state index contributed by atoms with van der Waals surface area (Å²) in [5.74, 6) is 1.12. The SMILES string of the molecule is Nc1ccc(Oc2ccc(Cl)cc2Cl)c2ncccc12. The van der Waals surface area contributed by atoms with Crippen molar-refractivity contribution in [3.63, 3.8) is 0 Å². The quantitative estimate of drug-likeness (QED) is 0.684. The van der Waals surface area contributed by atoms with E-state index in [0.717, 1.165) is 5.39 Å². The number of benzene rings is 2. The number of hydrogen-bond donors (Lipinski definition) is 1. The lowest BCUT2D eigenvalue weighted by atomic mass is 10.1. The first kappa shape index (κ1) is 13.0. The summed E-state index contributed by atoms with van der Waals surface area (Å²) in [5.41, 5.74) is 7.28. The minimum atomic E-state index is 0.443. The molecule has 0 spiro atoms. The van der Waals surface area contributed by atoms with Crippen LogP contribution in [0.1, 0.15) is 0 Å². The molecule has 0 aliphatic rings. The predicted octanol–water partition coefficient (Wildman–Crippen LogP) is 4.92. The summed E-state index contributed by atoms with van der Waals surface area (Å²) >= 11 is 12.0. The standard InChI is InChI=1S/C15H10Cl2N2O/c16-9-3-5-13(11(17)8-9)20-14-6-4-12(18)10-2-1-7-19-15(10)14/h1-8H,18H2. The van der Waals surface area contributed by atoms with Crippen molar-refractivity contribution in [1.29, 1.82) is 0 Å². The highest BCUT2D eigenvalue weighted by Gasteiger charge is 2.09. The fraction of sp³-hybridized carbons (Fsp3) is 0. The van der Waals surface area contributed by atoms with Gasteiger partial charge in [-0.3, -0.25) is 4.98 Å². The van der Waals surface area contributed by atoms with E-state index in [0.29, 0.717) is 32.7 Å². The Labute approximate surface area is 125 Å². The van der Waals surface area contributed by atoms with Gasteiger partial charge >= 0.3 is 0 Å². The van der Waals surface area contributed by atoms with E-state index >= 15 is 0 Å². The molecule has 0 fully saturated rings. The summed E-state index contributed by atoms with van der Waals surface area (Å²) in [6.07, 6.45) is 1.69. The van der Waals surface area contributed by atoms with Crippen molar-refractivity contribution in [3.05, 3.63) is 58.7 Å². The van der Waals surface area contributed by atoms with E-state index in [4.69, 9.17) is 33.7 Å². The number of halogens is 2. The van der Waals surface area contributed by atoms with Crippen molar-refractivity contribution in [2.75, 3.05) is 5.73 Å². The summed E-state index contributed by atoms with van der Waals surface area (Å²) in [5, 5.41) is 1.84. The number of aromatic nitrogens is 1. The molecule has 1 aromatic heterocycles. The molecule has 0 saturated heterocycles. The van der Waals surface area contributed by atoms with E-state index in [1.54, 1.807) is 36.5 Å². The third-order valence-electron chi connectivity index (χ3n) is 2.88. The van der Waals surface area contributed by atoms with E-state index in [1.807, 2.05) is 12.1 Å². The summed E-state index contributed by atoms with van der Waals surface area (Å²) < 4.78 is 5.82. The zero-order chi connectivity index (χ0) is 14.1.